The molecule has 8 nitrogen and oxygen atoms in total. The molecular weight excluding hydrogens is 584 g/mol. The topological polar surface area (TPSA) is 149 Å². The molecule has 0 atom stereocenters. The number of hydrogen-bond donors (Lipinski definition) is 4. The van der Waals surface area contributed by atoms with Crippen molar-refractivity contribution in [3.8, 4) is 0 Å². The van der Waals surface area contributed by atoms with Gasteiger partial charge in [0.1, 0.15) is 0 Å². The lowest BCUT2D eigenvalue weighted by atomic mass is 10.1. The Kier molecular flexibility index (Phi) is 52.2. The number of carbonyl (C=O) groups is 4. The van der Waals surface area contributed by atoms with Crippen LogP contribution in [-0.4, -0.2) is 44.3 Å². The normalized spacial score (nSPS) is 10.0. The average molecular weight is 661 g/mol. The summed E-state index contributed by atoms with van der Waals surface area (Å²) in [7, 11) is 0. The van der Waals surface area contributed by atoms with E-state index in [2.05, 4.69) is 27.7 Å². The molecule has 0 aromatic carbocycles. The highest BCUT2D eigenvalue weighted by atomic mass is 16.4. The van der Waals surface area contributed by atoms with Gasteiger partial charge in [-0.3, -0.25) is 19.2 Å². The second-order valence-corrected chi connectivity index (χ2v) is 12.4. The quantitative estimate of drug-likeness (QED) is 0.0556. The van der Waals surface area contributed by atoms with Crippen LogP contribution < -0.4 is 0 Å². The van der Waals surface area contributed by atoms with Crippen molar-refractivity contribution in [1.82, 2.24) is 0 Å². The Morgan fingerprint density at radius 3 is 0.500 bits per heavy atom. The molecule has 0 saturated carbocycles. The fourth-order valence-corrected chi connectivity index (χ4v) is 4.58. The van der Waals surface area contributed by atoms with Crippen LogP contribution in [-0.2, 0) is 19.2 Å². The Morgan fingerprint density at radius 2 is 0.391 bits per heavy atom. The first kappa shape index (κ1) is 50.7. The molecule has 0 unspecified atom stereocenters. The highest BCUT2D eigenvalue weighted by Gasteiger charge is 2.00. The van der Waals surface area contributed by atoms with Crippen LogP contribution in [0.2, 0.25) is 0 Å². The molecule has 0 aliphatic carbocycles. The summed E-state index contributed by atoms with van der Waals surface area (Å²) in [6.07, 6.45) is 33.9. The van der Waals surface area contributed by atoms with E-state index < -0.39 is 23.9 Å². The van der Waals surface area contributed by atoms with Crippen molar-refractivity contribution in [3.05, 3.63) is 0 Å². The van der Waals surface area contributed by atoms with Crippen molar-refractivity contribution in [3.63, 3.8) is 0 Å². The second kappa shape index (κ2) is 47.3. The third-order valence-corrected chi connectivity index (χ3v) is 7.48. The fourth-order valence-electron chi connectivity index (χ4n) is 4.58. The van der Waals surface area contributed by atoms with Gasteiger partial charge in [0.05, 0.1) is 0 Å². The summed E-state index contributed by atoms with van der Waals surface area (Å²) in [5, 5.41) is 32.5. The van der Waals surface area contributed by atoms with Gasteiger partial charge in [0.25, 0.3) is 0 Å². The molecule has 0 rings (SSSR count). The first-order valence-electron chi connectivity index (χ1n) is 19.0. The summed E-state index contributed by atoms with van der Waals surface area (Å²) in [4.78, 5) is 39.6. The third kappa shape index (κ3) is 68.9. The largest absolute Gasteiger partial charge is 0.481 e. The maximum Gasteiger partial charge on any atom is 0.303 e. The van der Waals surface area contributed by atoms with Gasteiger partial charge in [0, 0.05) is 25.7 Å². The number of rotatable bonds is 30. The van der Waals surface area contributed by atoms with E-state index in [1.54, 1.807) is 0 Å². The van der Waals surface area contributed by atoms with E-state index >= 15 is 0 Å². The Balaban J connectivity index is -0.000000258. The molecule has 0 aromatic rings. The van der Waals surface area contributed by atoms with Crippen LogP contribution >= 0.6 is 0 Å². The minimum absolute atomic E-state index is 0.0628. The smallest absolute Gasteiger partial charge is 0.303 e. The molecule has 276 valence electrons. The van der Waals surface area contributed by atoms with Crippen LogP contribution in [0.3, 0.4) is 0 Å². The van der Waals surface area contributed by atoms with Crippen molar-refractivity contribution in [1.29, 1.82) is 0 Å². The molecular formula is C38H76O8. The van der Waals surface area contributed by atoms with E-state index in [9.17, 15) is 19.2 Å². The first-order valence-corrected chi connectivity index (χ1v) is 19.0. The van der Waals surface area contributed by atoms with Crippen molar-refractivity contribution >= 4 is 23.9 Å². The lowest BCUT2D eigenvalue weighted by Crippen LogP contribution is -1.97. The molecule has 0 spiro atoms. The first-order chi connectivity index (χ1) is 22.1. The number of carboxylic acids is 4. The summed E-state index contributed by atoms with van der Waals surface area (Å²) in [6.45, 7) is 9.13. The number of unbranched alkanes of at least 4 members (excludes halogenated alkanes) is 22. The van der Waals surface area contributed by atoms with Gasteiger partial charge >= 0.3 is 23.9 Å². The van der Waals surface area contributed by atoms with Gasteiger partial charge in [-0.1, -0.05) is 169 Å². The van der Waals surface area contributed by atoms with Crippen LogP contribution in [0.4, 0.5) is 0 Å². The summed E-state index contributed by atoms with van der Waals surface area (Å²) in [5.41, 5.74) is 0. The lowest BCUT2D eigenvalue weighted by molar-refractivity contribution is -0.139. The Hall–Kier alpha value is -2.12. The number of carboxylic acid groups (broad SMARTS) is 4. The zero-order valence-electron chi connectivity index (χ0n) is 30.6. The van der Waals surface area contributed by atoms with Gasteiger partial charge in [-0.05, 0) is 25.7 Å². The summed E-state index contributed by atoms with van der Waals surface area (Å²) >= 11 is 0. The average Bonchev–Trinajstić information content (AvgIpc) is 3.00. The standard InChI is InChI=1S/2C13H28.2C6H10O4/c2*1-3-5-7-9-11-13-12-10-8-6-4-2;2*7-5(8)3-1-2-4-6(9)10/h2*3-13H2,1-2H3;2*1-4H2,(H,7,8)(H,9,10). The van der Waals surface area contributed by atoms with Gasteiger partial charge in [0.15, 0.2) is 0 Å². The van der Waals surface area contributed by atoms with Gasteiger partial charge in [-0.2, -0.15) is 0 Å². The lowest BCUT2D eigenvalue weighted by Gasteiger charge is -2.00. The highest BCUT2D eigenvalue weighted by molar-refractivity contribution is 5.68. The minimum Gasteiger partial charge on any atom is -0.481 e. The van der Waals surface area contributed by atoms with E-state index in [-0.39, 0.29) is 25.7 Å². The summed E-state index contributed by atoms with van der Waals surface area (Å²) in [6, 6.07) is 0. The van der Waals surface area contributed by atoms with Crippen molar-refractivity contribution in [2.24, 2.45) is 0 Å². The van der Waals surface area contributed by atoms with E-state index in [0.717, 1.165) is 0 Å². The number of aliphatic carboxylic acids is 4. The van der Waals surface area contributed by atoms with E-state index in [4.69, 9.17) is 20.4 Å². The second-order valence-electron chi connectivity index (χ2n) is 12.4. The fraction of sp³-hybridized carbons (Fsp3) is 0.895. The Morgan fingerprint density at radius 1 is 0.261 bits per heavy atom. The SMILES string of the molecule is CCCCCCCCCCCCC.CCCCCCCCCCCCC.O=C(O)CCCCC(=O)O.O=C(O)CCCCC(=O)O. The molecule has 0 fully saturated rings. The molecule has 0 aromatic heterocycles. The molecule has 0 bridgehead atoms. The maximum absolute atomic E-state index is 9.90. The van der Waals surface area contributed by atoms with Gasteiger partial charge in [0.2, 0.25) is 0 Å². The van der Waals surface area contributed by atoms with Gasteiger partial charge in [-0.25, -0.2) is 0 Å². The predicted molar refractivity (Wildman–Crippen MR) is 192 cm³/mol. The molecule has 0 saturated heterocycles. The predicted octanol–water partition coefficient (Wildman–Crippen LogP) is 12.1. The maximum atomic E-state index is 9.90. The van der Waals surface area contributed by atoms with Crippen LogP contribution in [0.1, 0.15) is 220 Å². The van der Waals surface area contributed by atoms with Crippen molar-refractivity contribution in [2.45, 2.75) is 220 Å². The molecule has 8 heteroatoms. The van der Waals surface area contributed by atoms with Crippen LogP contribution in [0.5, 0.6) is 0 Å². The third-order valence-electron chi connectivity index (χ3n) is 7.48. The van der Waals surface area contributed by atoms with Crippen LogP contribution in [0.15, 0.2) is 0 Å². The van der Waals surface area contributed by atoms with Gasteiger partial charge in [-0.15, -0.1) is 0 Å². The monoisotopic (exact) mass is 661 g/mol. The highest BCUT2D eigenvalue weighted by Crippen LogP contribution is 2.12. The molecule has 46 heavy (non-hydrogen) atoms. The summed E-state index contributed by atoms with van der Waals surface area (Å²) < 4.78 is 0. The van der Waals surface area contributed by atoms with E-state index in [1.807, 2.05) is 0 Å². The van der Waals surface area contributed by atoms with E-state index in [0.29, 0.717) is 25.7 Å². The molecule has 0 aliphatic heterocycles. The molecule has 0 heterocycles. The van der Waals surface area contributed by atoms with Crippen molar-refractivity contribution in [2.75, 3.05) is 0 Å². The summed E-state index contributed by atoms with van der Waals surface area (Å²) in [5.74, 6) is -3.48. The molecule has 4 N–H and O–H groups in total. The zero-order valence-corrected chi connectivity index (χ0v) is 30.6. The minimum atomic E-state index is -0.870. The van der Waals surface area contributed by atoms with Crippen LogP contribution in [0, 0.1) is 0 Å². The van der Waals surface area contributed by atoms with Gasteiger partial charge < -0.3 is 20.4 Å². The zero-order chi connectivity index (χ0) is 35.5. The molecule has 0 amide bonds. The Labute approximate surface area is 283 Å². The Bertz CT molecular complexity index is 530. The van der Waals surface area contributed by atoms with Crippen LogP contribution in [0.25, 0.3) is 0 Å². The molecule has 0 aliphatic rings. The van der Waals surface area contributed by atoms with Crippen molar-refractivity contribution < 1.29 is 39.6 Å². The number of hydrogen-bond acceptors (Lipinski definition) is 4. The molecule has 0 radical (unpaired) electrons. The van der Waals surface area contributed by atoms with E-state index in [1.165, 1.54) is 141 Å².